The Hall–Kier alpha value is 0.117. The molecule has 0 amide bonds. The Morgan fingerprint density at radius 2 is 1.86 bits per heavy atom. The Bertz CT molecular complexity index is 164. The third kappa shape index (κ3) is 10.2. The molecule has 0 rings (SSSR count). The monoisotopic (exact) mass is 188 g/mol. The molecule has 0 spiro atoms. The van der Waals surface area contributed by atoms with Crippen molar-refractivity contribution < 1.29 is 23.6 Å². The predicted octanol–water partition coefficient (Wildman–Crippen LogP) is 0.344. The summed E-state index contributed by atoms with van der Waals surface area (Å²) < 4.78 is 5.63. The zero-order valence-electron chi connectivity index (χ0n) is 10.3. The van der Waals surface area contributed by atoms with Gasteiger partial charge in [-0.2, -0.15) is 0 Å². The first kappa shape index (κ1) is 16.5. The molecule has 0 N–H and O–H groups in total. The quantitative estimate of drug-likeness (QED) is 0.262. The van der Waals surface area contributed by atoms with Crippen LogP contribution in [0, 0.1) is 12.3 Å². The standard InChI is InChI=1S/C12H21O.Li/c1-6-8-9-10-11(7-2)13-12(3,4)5;/h11H,6,8-10H2,1,3-5H3;/q-1;+1/t11-;/m1./s1. The Kier molecular flexibility index (Phi) is 9.96. The normalized spacial score (nSPS) is 12.8. The van der Waals surface area contributed by atoms with Gasteiger partial charge in [0.15, 0.2) is 0 Å². The molecule has 0 saturated heterocycles. The summed E-state index contributed by atoms with van der Waals surface area (Å²) >= 11 is 0. The van der Waals surface area contributed by atoms with Crippen LogP contribution in [0.5, 0.6) is 0 Å². The number of unbranched alkanes of at least 4 members (excludes halogenated alkanes) is 2. The van der Waals surface area contributed by atoms with Crippen molar-refractivity contribution in [3.05, 3.63) is 6.42 Å². The fraction of sp³-hybridized carbons (Fsp3) is 0.833. The molecule has 0 aliphatic carbocycles. The molecule has 0 aliphatic rings. The Labute approximate surface area is 101 Å². The van der Waals surface area contributed by atoms with E-state index in [0.717, 1.165) is 12.8 Å². The molecule has 2 heteroatoms. The fourth-order valence-electron chi connectivity index (χ4n) is 1.17. The second-order valence-corrected chi connectivity index (χ2v) is 4.36. The minimum absolute atomic E-state index is 0. The first-order valence-corrected chi connectivity index (χ1v) is 5.09. The van der Waals surface area contributed by atoms with Crippen molar-refractivity contribution in [2.45, 2.75) is 65.1 Å². The largest absolute Gasteiger partial charge is 1.00 e. The number of rotatable bonds is 5. The van der Waals surface area contributed by atoms with Crippen molar-refractivity contribution in [3.63, 3.8) is 0 Å². The number of hydrogen-bond acceptors (Lipinski definition) is 1. The minimum atomic E-state index is -0.162. The molecule has 1 nitrogen and oxygen atoms in total. The van der Waals surface area contributed by atoms with Crippen LogP contribution < -0.4 is 18.9 Å². The maximum absolute atomic E-state index is 7.10. The summed E-state index contributed by atoms with van der Waals surface area (Å²) in [6, 6.07) is 0. The van der Waals surface area contributed by atoms with Crippen molar-refractivity contribution in [1.29, 1.82) is 0 Å². The number of ether oxygens (including phenoxy) is 1. The van der Waals surface area contributed by atoms with Crippen LogP contribution in [0.25, 0.3) is 0 Å². The molecule has 0 aliphatic heterocycles. The summed E-state index contributed by atoms with van der Waals surface area (Å²) in [6.07, 6.45) is 11.5. The molecule has 0 unspecified atom stereocenters. The van der Waals surface area contributed by atoms with E-state index in [1.54, 1.807) is 0 Å². The van der Waals surface area contributed by atoms with E-state index in [2.05, 4.69) is 12.8 Å². The first-order chi connectivity index (χ1) is 5.99. The molecule has 0 bridgehead atoms. The van der Waals surface area contributed by atoms with Gasteiger partial charge in [-0.15, -0.1) is 0 Å². The van der Waals surface area contributed by atoms with Crippen LogP contribution in [0.1, 0.15) is 53.4 Å². The molecular weight excluding hydrogens is 167 g/mol. The van der Waals surface area contributed by atoms with Gasteiger partial charge in [0.1, 0.15) is 0 Å². The summed E-state index contributed by atoms with van der Waals surface area (Å²) in [5.74, 6) is 2.45. The van der Waals surface area contributed by atoms with E-state index in [9.17, 15) is 0 Å². The third-order valence-corrected chi connectivity index (χ3v) is 1.73. The minimum Gasteiger partial charge on any atom is -0.691 e. The van der Waals surface area contributed by atoms with Crippen LogP contribution in [0.3, 0.4) is 0 Å². The van der Waals surface area contributed by atoms with Crippen molar-refractivity contribution in [3.8, 4) is 5.92 Å². The smallest absolute Gasteiger partial charge is 0.691 e. The Morgan fingerprint density at radius 3 is 2.21 bits per heavy atom. The van der Waals surface area contributed by atoms with Crippen LogP contribution in [0.15, 0.2) is 0 Å². The zero-order valence-corrected chi connectivity index (χ0v) is 10.3. The Balaban J connectivity index is 0. The molecule has 0 radical (unpaired) electrons. The zero-order chi connectivity index (χ0) is 10.3. The van der Waals surface area contributed by atoms with Gasteiger partial charge in [-0.05, 0) is 33.6 Å². The summed E-state index contributed by atoms with van der Waals surface area (Å²) in [4.78, 5) is 0. The summed E-state index contributed by atoms with van der Waals surface area (Å²) in [5, 5.41) is 0. The van der Waals surface area contributed by atoms with E-state index in [1.807, 2.05) is 20.8 Å². The fourth-order valence-corrected chi connectivity index (χ4v) is 1.17. The molecular formula is C12H21LiO. The first-order valence-electron chi connectivity index (χ1n) is 5.09. The summed E-state index contributed by atoms with van der Waals surface area (Å²) in [7, 11) is 0. The predicted molar refractivity (Wildman–Crippen MR) is 55.9 cm³/mol. The number of hydrogen-bond donors (Lipinski definition) is 0. The van der Waals surface area contributed by atoms with E-state index in [0.29, 0.717) is 0 Å². The molecule has 0 aromatic carbocycles. The van der Waals surface area contributed by atoms with Crippen LogP contribution in [-0.4, -0.2) is 11.7 Å². The second-order valence-electron chi connectivity index (χ2n) is 4.36. The van der Waals surface area contributed by atoms with Crippen LogP contribution >= 0.6 is 0 Å². The van der Waals surface area contributed by atoms with Crippen molar-refractivity contribution in [1.82, 2.24) is 0 Å². The molecule has 0 aromatic rings. The molecule has 14 heavy (non-hydrogen) atoms. The van der Waals surface area contributed by atoms with Gasteiger partial charge < -0.3 is 17.1 Å². The third-order valence-electron chi connectivity index (χ3n) is 1.73. The maximum atomic E-state index is 7.10. The molecule has 76 valence electrons. The van der Waals surface area contributed by atoms with E-state index in [1.165, 1.54) is 12.8 Å². The molecule has 0 aromatic heterocycles. The van der Waals surface area contributed by atoms with Crippen molar-refractivity contribution in [2.75, 3.05) is 0 Å². The van der Waals surface area contributed by atoms with Gasteiger partial charge in [-0.1, -0.05) is 19.8 Å². The molecule has 0 saturated carbocycles. The average Bonchev–Trinajstić information content (AvgIpc) is 2.01. The van der Waals surface area contributed by atoms with Gasteiger partial charge in [-0.25, -0.2) is 0 Å². The molecule has 1 atom stereocenters. The van der Waals surface area contributed by atoms with E-state index in [-0.39, 0.29) is 30.6 Å². The molecule has 0 fully saturated rings. The van der Waals surface area contributed by atoms with E-state index >= 15 is 0 Å². The van der Waals surface area contributed by atoms with Crippen LogP contribution in [0.4, 0.5) is 0 Å². The van der Waals surface area contributed by atoms with Gasteiger partial charge in [0.25, 0.3) is 0 Å². The van der Waals surface area contributed by atoms with Crippen LogP contribution in [0.2, 0.25) is 0 Å². The molecule has 0 heterocycles. The topological polar surface area (TPSA) is 9.23 Å². The maximum Gasteiger partial charge on any atom is 1.00 e. The van der Waals surface area contributed by atoms with Gasteiger partial charge in [-0.3, -0.25) is 0 Å². The van der Waals surface area contributed by atoms with E-state index in [4.69, 9.17) is 11.2 Å². The van der Waals surface area contributed by atoms with Gasteiger partial charge >= 0.3 is 18.9 Å². The van der Waals surface area contributed by atoms with Gasteiger partial charge in [0, 0.05) is 0 Å². The van der Waals surface area contributed by atoms with Gasteiger partial charge in [0.05, 0.1) is 11.7 Å². The average molecular weight is 188 g/mol. The Morgan fingerprint density at radius 1 is 1.29 bits per heavy atom. The SMILES string of the molecule is [C-]#C[C@H](CCCCC)OC(C)(C)C.[Li+]. The van der Waals surface area contributed by atoms with Crippen molar-refractivity contribution in [2.24, 2.45) is 0 Å². The van der Waals surface area contributed by atoms with E-state index < -0.39 is 0 Å². The van der Waals surface area contributed by atoms with Gasteiger partial charge in [0.2, 0.25) is 0 Å². The second kappa shape index (κ2) is 8.43. The summed E-state index contributed by atoms with van der Waals surface area (Å²) in [6.45, 7) is 8.21. The van der Waals surface area contributed by atoms with Crippen LogP contribution in [-0.2, 0) is 4.74 Å². The van der Waals surface area contributed by atoms with Crippen molar-refractivity contribution >= 4 is 0 Å². The summed E-state index contributed by atoms with van der Waals surface area (Å²) in [5.41, 5.74) is -0.162.